The van der Waals surface area contributed by atoms with Crippen LogP contribution in [0.25, 0.3) is 76.5 Å². The molecule has 0 bridgehead atoms. The Labute approximate surface area is 287 Å². The Balaban J connectivity index is 1.46. The van der Waals surface area contributed by atoms with Gasteiger partial charge in [0.25, 0.3) is 0 Å². The minimum atomic E-state index is -1.05. The van der Waals surface area contributed by atoms with Crippen molar-refractivity contribution < 1.29 is 50.4 Å². The highest BCUT2D eigenvalue weighted by Gasteiger charge is 2.27. The van der Waals surface area contributed by atoms with Gasteiger partial charge in [-0.25, -0.2) is 0 Å². The number of rotatable bonds is 5. The van der Waals surface area contributed by atoms with Crippen molar-refractivity contribution in [2.24, 2.45) is 0 Å². The fraction of sp³-hybridized carbons (Fsp3) is 0.0244. The molecule has 250 valence electrons. The highest BCUT2D eigenvalue weighted by molar-refractivity contribution is 6.29. The molecular weight excluding hydrogens is 652 g/mol. The van der Waals surface area contributed by atoms with Crippen LogP contribution in [0.4, 0.5) is 0 Å². The number of phenolic OH excluding ortho intramolecular Hbond substituents is 5. The van der Waals surface area contributed by atoms with E-state index in [0.29, 0.717) is 27.7 Å². The second-order valence-corrected chi connectivity index (χ2v) is 12.2. The summed E-state index contributed by atoms with van der Waals surface area (Å²) in [7, 11) is 0. The summed E-state index contributed by atoms with van der Waals surface area (Å²) < 4.78 is 6.21. The topological polar surface area (TPSA) is 195 Å². The van der Waals surface area contributed by atoms with Gasteiger partial charge in [0, 0.05) is 17.2 Å². The molecule has 1 aromatic heterocycles. The van der Waals surface area contributed by atoms with Crippen molar-refractivity contribution in [2.75, 3.05) is 0 Å². The maximum Gasteiger partial charge on any atom is 0.214 e. The largest absolute Gasteiger partial charge is 0.508 e. The van der Waals surface area contributed by atoms with E-state index in [-0.39, 0.29) is 17.5 Å². The Morgan fingerprint density at radius 2 is 1.08 bits per heavy atom. The molecule has 1 heterocycles. The highest BCUT2D eigenvalue weighted by Crippen LogP contribution is 2.56. The predicted molar refractivity (Wildman–Crippen MR) is 194 cm³/mol. The Morgan fingerprint density at radius 1 is 0.529 bits per heavy atom. The van der Waals surface area contributed by atoms with Crippen molar-refractivity contribution in [3.63, 3.8) is 0 Å². The molecule has 0 aliphatic heterocycles. The summed E-state index contributed by atoms with van der Waals surface area (Å²) >= 11 is 0. The first-order valence-corrected chi connectivity index (χ1v) is 15.5. The van der Waals surface area contributed by atoms with E-state index >= 15 is 0 Å². The third-order valence-electron chi connectivity index (χ3n) is 9.42. The lowest BCUT2D eigenvalue weighted by atomic mass is 9.84. The molecule has 0 amide bonds. The van der Waals surface area contributed by atoms with E-state index in [1.165, 1.54) is 0 Å². The van der Waals surface area contributed by atoms with Gasteiger partial charge in [-0.05, 0) is 72.6 Å². The molecule has 8 rings (SSSR count). The summed E-state index contributed by atoms with van der Waals surface area (Å²) in [6.07, 6.45) is 4.88. The van der Waals surface area contributed by atoms with Gasteiger partial charge in [-0.3, -0.25) is 0 Å². The third kappa shape index (κ3) is 4.39. The number of terminal acetylenes is 1. The van der Waals surface area contributed by atoms with Crippen molar-refractivity contribution >= 4 is 54.3 Å². The first-order chi connectivity index (χ1) is 24.5. The number of hydrogen-bond acceptors (Lipinski definition) is 10. The van der Waals surface area contributed by atoms with Crippen molar-refractivity contribution in [1.29, 1.82) is 0 Å². The molecule has 7 aromatic carbocycles. The van der Waals surface area contributed by atoms with Gasteiger partial charge < -0.3 is 50.4 Å². The van der Waals surface area contributed by atoms with E-state index in [0.717, 1.165) is 43.3 Å². The van der Waals surface area contributed by atoms with Crippen molar-refractivity contribution in [3.05, 3.63) is 114 Å². The average Bonchev–Trinajstić information content (AvgIpc) is 3.53. The SMILES string of the molecule is C#C/C(O)=C(O)\C(O)=C(\O)Cc1ccc2oc3ccccc3c2c1-c1ccc2ccc3c(-c4c(O)c(O)c(O)c(O)c4O)ccc4ccc1c2c43. The third-order valence-corrected chi connectivity index (χ3v) is 9.42. The predicted octanol–water partition coefficient (Wildman–Crippen LogP) is 9.18. The van der Waals surface area contributed by atoms with Crippen LogP contribution >= 0.6 is 0 Å². The second-order valence-electron chi connectivity index (χ2n) is 12.2. The number of furan rings is 1. The van der Waals surface area contributed by atoms with Crippen LogP contribution in [0.1, 0.15) is 5.56 Å². The molecule has 10 heteroatoms. The van der Waals surface area contributed by atoms with E-state index in [1.54, 1.807) is 30.3 Å². The monoisotopic (exact) mass is 678 g/mol. The summed E-state index contributed by atoms with van der Waals surface area (Å²) in [6.45, 7) is 0. The quantitative estimate of drug-likeness (QED) is 0.0211. The molecule has 9 N–H and O–H groups in total. The minimum absolute atomic E-state index is 0.270. The van der Waals surface area contributed by atoms with E-state index in [2.05, 4.69) is 0 Å². The fourth-order valence-electron chi connectivity index (χ4n) is 7.07. The molecule has 0 atom stereocenters. The smallest absolute Gasteiger partial charge is 0.214 e. The van der Waals surface area contributed by atoms with Gasteiger partial charge in [0.05, 0.1) is 5.56 Å². The van der Waals surface area contributed by atoms with Crippen LogP contribution in [0.5, 0.6) is 28.7 Å². The molecule has 0 aliphatic rings. The Morgan fingerprint density at radius 3 is 1.69 bits per heavy atom. The molecule has 0 aliphatic carbocycles. The van der Waals surface area contributed by atoms with Gasteiger partial charge in [0.2, 0.25) is 34.5 Å². The molecule has 0 fully saturated rings. The van der Waals surface area contributed by atoms with Crippen LogP contribution in [-0.4, -0.2) is 46.0 Å². The number of aromatic hydroxyl groups is 5. The van der Waals surface area contributed by atoms with Crippen LogP contribution in [0.3, 0.4) is 0 Å². The van der Waals surface area contributed by atoms with Crippen LogP contribution < -0.4 is 0 Å². The van der Waals surface area contributed by atoms with Crippen molar-refractivity contribution in [2.45, 2.75) is 6.42 Å². The number of benzene rings is 7. The van der Waals surface area contributed by atoms with Crippen molar-refractivity contribution in [3.8, 4) is 63.3 Å². The average molecular weight is 679 g/mol. The van der Waals surface area contributed by atoms with E-state index in [1.807, 2.05) is 60.5 Å². The summed E-state index contributed by atoms with van der Waals surface area (Å²) in [5.41, 5.74) is 3.10. The van der Waals surface area contributed by atoms with Crippen LogP contribution in [0.15, 0.2) is 112 Å². The lowest BCUT2D eigenvalue weighted by Crippen LogP contribution is -2.02. The Hall–Kier alpha value is -7.38. The molecule has 0 saturated carbocycles. The number of hydrogen-bond donors (Lipinski definition) is 9. The molecule has 10 nitrogen and oxygen atoms in total. The first kappa shape index (κ1) is 30.9. The van der Waals surface area contributed by atoms with Gasteiger partial charge in [0.15, 0.2) is 11.5 Å². The lowest BCUT2D eigenvalue weighted by molar-refractivity contribution is 0.261. The van der Waals surface area contributed by atoms with Crippen LogP contribution in [0.2, 0.25) is 0 Å². The minimum Gasteiger partial charge on any atom is -0.508 e. The zero-order valence-electron chi connectivity index (χ0n) is 26.3. The van der Waals surface area contributed by atoms with Crippen molar-refractivity contribution in [1.82, 2.24) is 0 Å². The second kappa shape index (κ2) is 11.1. The summed E-state index contributed by atoms with van der Waals surface area (Å²) in [5.74, 6) is -6.44. The normalized spacial score (nSPS) is 12.9. The van der Waals surface area contributed by atoms with Gasteiger partial charge >= 0.3 is 0 Å². The zero-order chi connectivity index (χ0) is 35.9. The standard InChI is InChI=1S/C41H26O10/c1-2-26(42)35(44)36(45)27(43)17-20-11-16-29-33(25-5-3-4-6-28(25)51-29)32(20)22-13-8-18-9-14-23-24(15-10-19-7-12-21(22)30(18)31(19)23)34-37(46)39(48)41(50)40(49)38(34)47/h1,3-16,42-50H,17H2/b35-26-,36-27-. The maximum absolute atomic E-state index is 11.0. The maximum atomic E-state index is 11.0. The number of phenols is 5. The number of aliphatic hydroxyl groups excluding tert-OH is 4. The van der Waals surface area contributed by atoms with Gasteiger partial charge in [-0.15, -0.1) is 6.42 Å². The van der Waals surface area contributed by atoms with Crippen LogP contribution in [-0.2, 0) is 6.42 Å². The van der Waals surface area contributed by atoms with Gasteiger partial charge in [0.1, 0.15) is 16.9 Å². The first-order valence-electron chi connectivity index (χ1n) is 15.5. The van der Waals surface area contributed by atoms with E-state index in [4.69, 9.17) is 10.8 Å². The molecule has 0 radical (unpaired) electrons. The molecule has 8 aromatic rings. The molecular formula is C41H26O10. The van der Waals surface area contributed by atoms with Gasteiger partial charge in [-0.1, -0.05) is 72.8 Å². The zero-order valence-corrected chi connectivity index (χ0v) is 26.3. The molecule has 0 spiro atoms. The Kier molecular flexibility index (Phi) is 6.72. The molecule has 0 unspecified atom stereocenters. The lowest BCUT2D eigenvalue weighted by Gasteiger charge is -2.19. The number of allylic oxidation sites excluding steroid dienone is 2. The van der Waals surface area contributed by atoms with Gasteiger partial charge in [-0.2, -0.15) is 0 Å². The number of fused-ring (bicyclic) bond motifs is 3. The molecule has 51 heavy (non-hydrogen) atoms. The number of para-hydroxylation sites is 1. The summed E-state index contributed by atoms with van der Waals surface area (Å²) in [4.78, 5) is 0. The number of aliphatic hydroxyl groups is 4. The highest BCUT2D eigenvalue weighted by atomic mass is 16.4. The van der Waals surface area contributed by atoms with E-state index < -0.39 is 51.8 Å². The molecule has 0 saturated heterocycles. The van der Waals surface area contributed by atoms with E-state index in [9.17, 15) is 46.0 Å². The Bertz CT molecular complexity index is 2860. The fourth-order valence-corrected chi connectivity index (χ4v) is 7.07. The summed E-state index contributed by atoms with van der Waals surface area (Å²) in [6, 6.07) is 25.7. The summed E-state index contributed by atoms with van der Waals surface area (Å²) in [5, 5.41) is 100. The van der Waals surface area contributed by atoms with Crippen LogP contribution in [0, 0.1) is 12.3 Å².